The second-order valence-corrected chi connectivity index (χ2v) is 40.3. The fraction of sp³-hybridized carbons (Fsp3) is 0.161. The van der Waals surface area contributed by atoms with Crippen molar-refractivity contribution in [3.63, 3.8) is 0 Å². The molecule has 0 atom stereocenters. The van der Waals surface area contributed by atoms with Crippen molar-refractivity contribution in [2.75, 3.05) is 0 Å². The zero-order valence-electron chi connectivity index (χ0n) is 74.0. The normalized spacial score (nSPS) is 12.8. The Hall–Kier alpha value is -13.5. The van der Waals surface area contributed by atoms with E-state index < -0.39 is 0 Å². The summed E-state index contributed by atoms with van der Waals surface area (Å²) in [5.41, 5.74) is 26.3. The molecular formula is C124H100. The van der Waals surface area contributed by atoms with Crippen LogP contribution >= 0.6 is 0 Å². The summed E-state index contributed by atoms with van der Waals surface area (Å²) in [5.74, 6) is 0. The highest BCUT2D eigenvalue weighted by Gasteiger charge is 2.29. The van der Waals surface area contributed by atoms with Crippen LogP contribution < -0.4 is 0 Å². The molecule has 24 aromatic rings. The van der Waals surface area contributed by atoms with Gasteiger partial charge in [0.05, 0.1) is 0 Å². The minimum Gasteiger partial charge on any atom is -0.0617 e. The van der Waals surface area contributed by atoms with Crippen LogP contribution in [0.4, 0.5) is 0 Å². The summed E-state index contributed by atoms with van der Waals surface area (Å²) >= 11 is 0. The van der Waals surface area contributed by atoms with Gasteiger partial charge in [0.1, 0.15) is 0 Å². The molecule has 0 aliphatic carbocycles. The molecule has 0 bridgehead atoms. The maximum Gasteiger partial charge on any atom is -0.00199 e. The molecule has 0 unspecified atom stereocenters. The van der Waals surface area contributed by atoms with Gasteiger partial charge in [0.2, 0.25) is 0 Å². The summed E-state index contributed by atoms with van der Waals surface area (Å²) in [5, 5.41) is 42.5. The van der Waals surface area contributed by atoms with E-state index in [0.29, 0.717) is 0 Å². The van der Waals surface area contributed by atoms with Crippen molar-refractivity contribution >= 4 is 172 Å². The Balaban J connectivity index is 0.000000143. The van der Waals surface area contributed by atoms with Crippen LogP contribution in [0.3, 0.4) is 0 Å². The van der Waals surface area contributed by atoms with Crippen molar-refractivity contribution < 1.29 is 0 Å². The van der Waals surface area contributed by atoms with Crippen LogP contribution in [0, 0.1) is 27.7 Å². The van der Waals surface area contributed by atoms with Gasteiger partial charge in [-0.25, -0.2) is 0 Å². The molecule has 0 aliphatic heterocycles. The van der Waals surface area contributed by atoms with E-state index >= 15 is 0 Å². The molecule has 0 saturated carbocycles. The van der Waals surface area contributed by atoms with E-state index in [-0.39, 0.29) is 21.7 Å². The average molecular weight is 1590 g/mol. The summed E-state index contributed by atoms with van der Waals surface area (Å²) in [6.45, 7) is 36.8. The molecule has 0 aliphatic rings. The Morgan fingerprint density at radius 3 is 0.774 bits per heavy atom. The Bertz CT molecular complexity index is 8580. The van der Waals surface area contributed by atoms with E-state index in [1.807, 2.05) is 0 Å². The summed E-state index contributed by atoms with van der Waals surface area (Å²) in [4.78, 5) is 0. The van der Waals surface area contributed by atoms with Crippen molar-refractivity contribution in [2.24, 2.45) is 0 Å². The molecule has 0 heteroatoms. The first-order valence-corrected chi connectivity index (χ1v) is 44.7. The van der Waals surface area contributed by atoms with Gasteiger partial charge in [-0.1, -0.05) is 338 Å². The van der Waals surface area contributed by atoms with Gasteiger partial charge >= 0.3 is 0 Å². The Morgan fingerprint density at radius 1 is 0.137 bits per heavy atom. The van der Waals surface area contributed by atoms with Gasteiger partial charge in [0, 0.05) is 0 Å². The molecule has 0 saturated heterocycles. The highest BCUT2D eigenvalue weighted by atomic mass is 14.3. The minimum absolute atomic E-state index is 0.0127. The van der Waals surface area contributed by atoms with Crippen molar-refractivity contribution in [2.45, 2.75) is 132 Å². The molecule has 0 N–H and O–H groups in total. The zero-order valence-corrected chi connectivity index (χ0v) is 74.0. The van der Waals surface area contributed by atoms with Gasteiger partial charge in [0.15, 0.2) is 0 Å². The van der Waals surface area contributed by atoms with Crippen LogP contribution in [-0.2, 0) is 21.7 Å². The van der Waals surface area contributed by atoms with Crippen molar-refractivity contribution in [3.05, 3.63) is 360 Å². The van der Waals surface area contributed by atoms with Crippen LogP contribution in [0.5, 0.6) is 0 Å². The standard InChI is InChI=1S/2C62H50/c1-35-14-11-15-36(2)58(35)57-33-52-47-21-12-18-44-41-16-9-10-17-42(41)56(60(44)47)34-54(52)53-31-50-46-20-13-19-45-43(28-29-48(59(45)46)51(50)32-55(53)57)49-30-39(62(6,7)8)26-27-40(49)37-22-24-38(25-23-37)61(3,4)5;1-35-14-11-15-36(2)58(35)47-28-29-48-52-33-54-53(49-30-39(62(6,7)8)26-27-40(49)37-22-24-38(25-23-37)61(3,4)5)32-51-46-21-12-18-43-41-16-9-10-17-42(41)57(60(43)46)34-56(51)55(54)31-50(52)45-20-13-19-44(47)59(45)48/h2*9-34H,1-8H3. The van der Waals surface area contributed by atoms with Crippen molar-refractivity contribution in [1.29, 1.82) is 0 Å². The number of benzene rings is 20. The Kier molecular flexibility index (Phi) is 16.4. The van der Waals surface area contributed by atoms with E-state index in [4.69, 9.17) is 0 Å². The SMILES string of the molecule is Cc1cccc(C)c1-c1cc2c(cc3c4ccccc4c4cccc2c43)c2cc3c(cc12)c1ccc(-c2cc(C(C)(C)C)ccc2-c2ccc(C(C)(C)C)cc2)c2cccc3c21.Cc1cccc(C)c1-c1ccc2c3cc4c(-c5cc(C(C)(C)C)ccc5-c5ccc(C(C)(C)C)cc5)cc5c(cc6c7ccccc7c7cccc5c76)c4cc3c3cccc1c23. The topological polar surface area (TPSA) is 0 Å². The molecule has 0 nitrogen and oxygen atoms in total. The fourth-order valence-corrected chi connectivity index (χ4v) is 22.3. The molecule has 0 heterocycles. The minimum atomic E-state index is -0.0250. The smallest absolute Gasteiger partial charge is 0.00199 e. The molecule has 0 aromatic heterocycles. The third-order valence-electron chi connectivity index (χ3n) is 28.7. The first kappa shape index (κ1) is 75.4. The average Bonchev–Trinajstić information content (AvgIpc) is 1.52. The number of rotatable bonds is 6. The van der Waals surface area contributed by atoms with Gasteiger partial charge in [-0.15, -0.1) is 0 Å². The van der Waals surface area contributed by atoms with E-state index in [1.165, 1.54) is 284 Å². The highest BCUT2D eigenvalue weighted by molar-refractivity contribution is 6.42. The van der Waals surface area contributed by atoms with E-state index in [9.17, 15) is 0 Å². The zero-order chi connectivity index (χ0) is 84.8. The fourth-order valence-electron chi connectivity index (χ4n) is 22.3. The summed E-state index contributed by atoms with van der Waals surface area (Å²) in [7, 11) is 0. The first-order valence-electron chi connectivity index (χ1n) is 44.7. The Morgan fingerprint density at radius 2 is 0.379 bits per heavy atom. The number of aryl methyl sites for hydroxylation is 4. The van der Waals surface area contributed by atoms with E-state index in [1.54, 1.807) is 0 Å². The number of hydrogen-bond donors (Lipinski definition) is 0. The van der Waals surface area contributed by atoms with Crippen LogP contribution in [0.25, 0.3) is 239 Å². The molecule has 0 spiro atoms. The van der Waals surface area contributed by atoms with Crippen LogP contribution in [0.2, 0.25) is 0 Å². The first-order chi connectivity index (χ1) is 59.7. The lowest BCUT2D eigenvalue weighted by atomic mass is 9.80. The lowest BCUT2D eigenvalue weighted by Gasteiger charge is -2.24. The van der Waals surface area contributed by atoms with Gasteiger partial charge in [-0.2, -0.15) is 0 Å². The Labute approximate surface area is 726 Å². The quantitative estimate of drug-likeness (QED) is 0.146. The number of hydrogen-bond acceptors (Lipinski definition) is 0. The van der Waals surface area contributed by atoms with Crippen LogP contribution in [0.1, 0.15) is 128 Å². The second-order valence-electron chi connectivity index (χ2n) is 40.3. The van der Waals surface area contributed by atoms with E-state index in [0.717, 1.165) is 0 Å². The van der Waals surface area contributed by atoms with Gasteiger partial charge in [-0.3, -0.25) is 0 Å². The van der Waals surface area contributed by atoms with Gasteiger partial charge in [-0.05, 0) is 394 Å². The molecule has 124 heavy (non-hydrogen) atoms. The highest BCUT2D eigenvalue weighted by Crippen LogP contribution is 2.55. The largest absolute Gasteiger partial charge is 0.0617 e. The predicted octanol–water partition coefficient (Wildman–Crippen LogP) is 36.0. The lowest BCUT2D eigenvalue weighted by molar-refractivity contribution is 0.590. The maximum atomic E-state index is 2.55. The van der Waals surface area contributed by atoms with Gasteiger partial charge in [0.25, 0.3) is 0 Å². The lowest BCUT2D eigenvalue weighted by Crippen LogP contribution is -2.11. The van der Waals surface area contributed by atoms with E-state index in [2.05, 4.69) is 426 Å². The molecule has 0 fully saturated rings. The molecule has 24 aromatic carbocycles. The van der Waals surface area contributed by atoms with Crippen molar-refractivity contribution in [1.82, 2.24) is 0 Å². The predicted molar refractivity (Wildman–Crippen MR) is 544 cm³/mol. The molecule has 0 amide bonds. The molecule has 0 radical (unpaired) electrons. The van der Waals surface area contributed by atoms with Crippen molar-refractivity contribution in [3.8, 4) is 66.8 Å². The number of fused-ring (bicyclic) bond motifs is 20. The maximum absolute atomic E-state index is 2.55. The van der Waals surface area contributed by atoms with Crippen LogP contribution in [0.15, 0.2) is 315 Å². The molecular weight excluding hydrogens is 1490 g/mol. The summed E-state index contributed by atoms with van der Waals surface area (Å²) < 4.78 is 0. The van der Waals surface area contributed by atoms with Crippen LogP contribution in [-0.4, -0.2) is 0 Å². The monoisotopic (exact) mass is 1590 g/mol. The van der Waals surface area contributed by atoms with Gasteiger partial charge < -0.3 is 0 Å². The third-order valence-corrected chi connectivity index (χ3v) is 28.7. The molecule has 596 valence electrons. The summed E-state index contributed by atoms with van der Waals surface area (Å²) in [6, 6.07) is 122. The summed E-state index contributed by atoms with van der Waals surface area (Å²) in [6.07, 6.45) is 0. The molecule has 24 rings (SSSR count). The second kappa shape index (κ2) is 27.0. The third kappa shape index (κ3) is 11.3.